The van der Waals surface area contributed by atoms with Crippen molar-refractivity contribution in [1.29, 1.82) is 0 Å². The van der Waals surface area contributed by atoms with Crippen molar-refractivity contribution in [1.82, 2.24) is 9.80 Å². The fourth-order valence-corrected chi connectivity index (χ4v) is 2.45. The van der Waals surface area contributed by atoms with Crippen molar-refractivity contribution in [3.8, 4) is 0 Å². The van der Waals surface area contributed by atoms with Gasteiger partial charge in [-0.3, -0.25) is 9.69 Å². The Morgan fingerprint density at radius 2 is 2.06 bits per heavy atom. The van der Waals surface area contributed by atoms with E-state index in [2.05, 4.69) is 9.80 Å². The van der Waals surface area contributed by atoms with Crippen molar-refractivity contribution in [2.45, 2.75) is 19.3 Å². The first-order valence-corrected chi connectivity index (χ1v) is 6.11. The van der Waals surface area contributed by atoms with Crippen molar-refractivity contribution in [3.05, 3.63) is 11.8 Å². The molecule has 16 heavy (non-hydrogen) atoms. The Morgan fingerprint density at radius 3 is 2.75 bits per heavy atom. The first-order valence-electron chi connectivity index (χ1n) is 6.11. The molecular formula is C12H20N2O2. The van der Waals surface area contributed by atoms with Gasteiger partial charge < -0.3 is 10.0 Å². The molecule has 1 fully saturated rings. The molecule has 0 aromatic rings. The minimum absolute atomic E-state index is 0.237. The third-order valence-corrected chi connectivity index (χ3v) is 3.37. The molecule has 4 heteroatoms. The minimum atomic E-state index is 0.237. The molecule has 0 radical (unpaired) electrons. The molecule has 1 heterocycles. The van der Waals surface area contributed by atoms with Gasteiger partial charge in [0.2, 0.25) is 0 Å². The molecule has 1 aliphatic heterocycles. The van der Waals surface area contributed by atoms with E-state index in [9.17, 15) is 4.79 Å². The van der Waals surface area contributed by atoms with Gasteiger partial charge in [-0.25, -0.2) is 0 Å². The Bertz CT molecular complexity index is 289. The third-order valence-electron chi connectivity index (χ3n) is 3.37. The largest absolute Gasteiger partial charge is 0.395 e. The Balaban J connectivity index is 1.89. The van der Waals surface area contributed by atoms with Crippen LogP contribution in [0.2, 0.25) is 0 Å². The van der Waals surface area contributed by atoms with E-state index in [4.69, 9.17) is 5.11 Å². The maximum Gasteiger partial charge on any atom is 0.157 e. The fraction of sp³-hybridized carbons (Fsp3) is 0.750. The summed E-state index contributed by atoms with van der Waals surface area (Å²) in [6, 6.07) is 0. The average molecular weight is 224 g/mol. The highest BCUT2D eigenvalue weighted by molar-refractivity contribution is 5.92. The SMILES string of the molecule is O=C1C=C(N2CCCN(CCO)CC2)CC1. The normalized spacial score (nSPS) is 23.4. The molecular weight excluding hydrogens is 204 g/mol. The van der Waals surface area contributed by atoms with E-state index in [1.165, 1.54) is 5.70 Å². The average Bonchev–Trinajstić information content (AvgIpc) is 2.57. The van der Waals surface area contributed by atoms with Gasteiger partial charge in [-0.1, -0.05) is 0 Å². The van der Waals surface area contributed by atoms with Crippen LogP contribution >= 0.6 is 0 Å². The molecule has 0 amide bonds. The zero-order chi connectivity index (χ0) is 11.4. The van der Waals surface area contributed by atoms with Crippen LogP contribution in [0.4, 0.5) is 0 Å². The summed E-state index contributed by atoms with van der Waals surface area (Å²) in [4.78, 5) is 15.8. The topological polar surface area (TPSA) is 43.8 Å². The molecule has 1 saturated heterocycles. The molecule has 90 valence electrons. The van der Waals surface area contributed by atoms with Gasteiger partial charge in [-0.05, 0) is 19.4 Å². The standard InChI is InChI=1S/C12H20N2O2/c15-9-8-13-4-1-5-14(7-6-13)11-2-3-12(16)10-11/h10,15H,1-9H2. The second-order valence-corrected chi connectivity index (χ2v) is 4.51. The predicted molar refractivity (Wildman–Crippen MR) is 62.0 cm³/mol. The Kier molecular flexibility index (Phi) is 3.96. The van der Waals surface area contributed by atoms with Crippen LogP contribution in [0, 0.1) is 0 Å². The van der Waals surface area contributed by atoms with E-state index in [0.29, 0.717) is 6.42 Å². The van der Waals surface area contributed by atoms with Crippen LogP contribution in [-0.4, -0.2) is 60.0 Å². The molecule has 0 saturated carbocycles. The maximum absolute atomic E-state index is 11.2. The van der Waals surface area contributed by atoms with E-state index in [1.54, 1.807) is 0 Å². The summed E-state index contributed by atoms with van der Waals surface area (Å²) in [5, 5.41) is 8.91. The van der Waals surface area contributed by atoms with Crippen molar-refractivity contribution in [2.24, 2.45) is 0 Å². The van der Waals surface area contributed by atoms with E-state index in [-0.39, 0.29) is 12.4 Å². The second kappa shape index (κ2) is 5.46. The molecule has 2 aliphatic rings. The predicted octanol–water partition coefficient (Wildman–Crippen LogP) is 0.233. The molecule has 1 aliphatic carbocycles. The lowest BCUT2D eigenvalue weighted by Crippen LogP contribution is -2.32. The maximum atomic E-state index is 11.2. The molecule has 0 aromatic heterocycles. The van der Waals surface area contributed by atoms with E-state index in [1.807, 2.05) is 6.08 Å². The lowest BCUT2D eigenvalue weighted by molar-refractivity contribution is -0.114. The van der Waals surface area contributed by atoms with Crippen LogP contribution in [0.25, 0.3) is 0 Å². The molecule has 0 unspecified atom stereocenters. The van der Waals surface area contributed by atoms with Gasteiger partial charge in [0.05, 0.1) is 6.61 Å². The number of allylic oxidation sites excluding steroid dienone is 2. The number of carbonyl (C=O) groups excluding carboxylic acids is 1. The number of nitrogens with zero attached hydrogens (tertiary/aromatic N) is 2. The summed E-state index contributed by atoms with van der Waals surface area (Å²) in [7, 11) is 0. The van der Waals surface area contributed by atoms with Gasteiger partial charge in [0.15, 0.2) is 5.78 Å². The smallest absolute Gasteiger partial charge is 0.157 e. The van der Waals surface area contributed by atoms with E-state index in [0.717, 1.165) is 45.6 Å². The van der Waals surface area contributed by atoms with Gasteiger partial charge in [0.25, 0.3) is 0 Å². The Morgan fingerprint density at radius 1 is 1.19 bits per heavy atom. The molecule has 0 spiro atoms. The molecule has 2 rings (SSSR count). The van der Waals surface area contributed by atoms with Gasteiger partial charge in [-0.15, -0.1) is 0 Å². The van der Waals surface area contributed by atoms with Crippen LogP contribution in [-0.2, 0) is 4.79 Å². The van der Waals surface area contributed by atoms with Gasteiger partial charge in [0.1, 0.15) is 0 Å². The lowest BCUT2D eigenvalue weighted by atomic mass is 10.3. The highest BCUT2D eigenvalue weighted by atomic mass is 16.3. The van der Waals surface area contributed by atoms with Gasteiger partial charge in [0, 0.05) is 44.4 Å². The zero-order valence-electron chi connectivity index (χ0n) is 9.69. The second-order valence-electron chi connectivity index (χ2n) is 4.51. The Hall–Kier alpha value is -0.870. The van der Waals surface area contributed by atoms with Crippen LogP contribution < -0.4 is 0 Å². The van der Waals surface area contributed by atoms with Gasteiger partial charge >= 0.3 is 0 Å². The van der Waals surface area contributed by atoms with Crippen molar-refractivity contribution in [2.75, 3.05) is 39.3 Å². The first kappa shape index (κ1) is 11.6. The summed E-state index contributed by atoms with van der Waals surface area (Å²) in [6.07, 6.45) is 4.53. The summed E-state index contributed by atoms with van der Waals surface area (Å²) < 4.78 is 0. The summed E-state index contributed by atoms with van der Waals surface area (Å²) in [5.41, 5.74) is 1.22. The molecule has 4 nitrogen and oxygen atoms in total. The minimum Gasteiger partial charge on any atom is -0.395 e. The summed E-state index contributed by atoms with van der Waals surface area (Å²) >= 11 is 0. The number of carbonyl (C=O) groups is 1. The van der Waals surface area contributed by atoms with Crippen LogP contribution in [0.3, 0.4) is 0 Å². The lowest BCUT2D eigenvalue weighted by Gasteiger charge is -2.24. The number of rotatable bonds is 3. The van der Waals surface area contributed by atoms with Crippen molar-refractivity contribution >= 4 is 5.78 Å². The number of ketones is 1. The highest BCUT2D eigenvalue weighted by Crippen LogP contribution is 2.20. The fourth-order valence-electron chi connectivity index (χ4n) is 2.45. The molecule has 0 bridgehead atoms. The third kappa shape index (κ3) is 2.83. The van der Waals surface area contributed by atoms with Crippen molar-refractivity contribution in [3.63, 3.8) is 0 Å². The number of aliphatic hydroxyl groups is 1. The molecule has 1 N–H and O–H groups in total. The van der Waals surface area contributed by atoms with Crippen LogP contribution in [0.15, 0.2) is 11.8 Å². The highest BCUT2D eigenvalue weighted by Gasteiger charge is 2.20. The van der Waals surface area contributed by atoms with Crippen LogP contribution in [0.5, 0.6) is 0 Å². The Labute approximate surface area is 96.5 Å². The quantitative estimate of drug-likeness (QED) is 0.745. The van der Waals surface area contributed by atoms with E-state index < -0.39 is 0 Å². The zero-order valence-corrected chi connectivity index (χ0v) is 9.69. The summed E-state index contributed by atoms with van der Waals surface area (Å²) in [5.74, 6) is 0.270. The van der Waals surface area contributed by atoms with Crippen LogP contribution in [0.1, 0.15) is 19.3 Å². The number of hydrogen-bond acceptors (Lipinski definition) is 4. The first-order chi connectivity index (χ1) is 7.79. The molecule has 0 atom stereocenters. The van der Waals surface area contributed by atoms with Crippen molar-refractivity contribution < 1.29 is 9.90 Å². The summed E-state index contributed by atoms with van der Waals surface area (Å²) in [6.45, 7) is 5.08. The number of hydrogen-bond donors (Lipinski definition) is 1. The van der Waals surface area contributed by atoms with Gasteiger partial charge in [-0.2, -0.15) is 0 Å². The molecule has 0 aromatic carbocycles. The monoisotopic (exact) mass is 224 g/mol. The number of aliphatic hydroxyl groups excluding tert-OH is 1. The number of β-amino-alcohol motifs (C(OH)–C–C–N with tert-alkyl or cyclic N) is 1. The van der Waals surface area contributed by atoms with E-state index >= 15 is 0 Å².